The van der Waals surface area contributed by atoms with Crippen LogP contribution in [-0.2, 0) is 0 Å². The van der Waals surface area contributed by atoms with E-state index in [1.807, 2.05) is 19.9 Å². The van der Waals surface area contributed by atoms with E-state index in [4.69, 9.17) is 0 Å². The van der Waals surface area contributed by atoms with Gasteiger partial charge >= 0.3 is 0 Å². The van der Waals surface area contributed by atoms with Crippen LogP contribution in [0.5, 0.6) is 0 Å². The molecule has 1 aliphatic heterocycles. The van der Waals surface area contributed by atoms with Crippen LogP contribution in [0.25, 0.3) is 0 Å². The fourth-order valence-electron chi connectivity index (χ4n) is 3.15. The minimum atomic E-state index is 0.248. The zero-order valence-corrected chi connectivity index (χ0v) is 13.2. The van der Waals surface area contributed by atoms with Gasteiger partial charge in [0, 0.05) is 23.5 Å². The monoisotopic (exact) mass is 277 g/mol. The van der Waals surface area contributed by atoms with Crippen molar-refractivity contribution >= 4 is 5.78 Å². The van der Waals surface area contributed by atoms with E-state index < -0.39 is 0 Å². The van der Waals surface area contributed by atoms with E-state index in [2.05, 4.69) is 28.9 Å². The van der Waals surface area contributed by atoms with Crippen LogP contribution in [0.15, 0.2) is 6.07 Å². The largest absolute Gasteiger partial charge is 0.362 e. The number of Topliss-reactive ketones (excluding diaryl/α,β-unsaturated/α-hetero) is 1. The third-order valence-corrected chi connectivity index (χ3v) is 4.15. The average Bonchev–Trinajstić information content (AvgIpc) is 2.70. The van der Waals surface area contributed by atoms with Crippen molar-refractivity contribution in [1.82, 2.24) is 14.8 Å². The number of aromatic nitrogens is 1. The lowest BCUT2D eigenvalue weighted by Crippen LogP contribution is -2.39. The van der Waals surface area contributed by atoms with Crippen LogP contribution in [0.2, 0.25) is 0 Å². The summed E-state index contributed by atoms with van der Waals surface area (Å²) in [5, 5.41) is 0. The Morgan fingerprint density at radius 2 is 2.00 bits per heavy atom. The number of aromatic amines is 1. The van der Waals surface area contributed by atoms with E-state index in [1.165, 1.54) is 12.8 Å². The Bertz CT molecular complexity index is 456. The van der Waals surface area contributed by atoms with Crippen LogP contribution in [0.1, 0.15) is 34.6 Å². The molecule has 20 heavy (non-hydrogen) atoms. The van der Waals surface area contributed by atoms with E-state index in [1.54, 1.807) is 0 Å². The molecule has 0 unspecified atom stereocenters. The van der Waals surface area contributed by atoms with E-state index in [9.17, 15) is 4.79 Å². The molecule has 4 heteroatoms. The Hall–Kier alpha value is -1.13. The zero-order valence-electron chi connectivity index (χ0n) is 13.2. The minimum absolute atomic E-state index is 0.248. The second-order valence-electron chi connectivity index (χ2n) is 6.40. The van der Waals surface area contributed by atoms with Gasteiger partial charge in [-0.3, -0.25) is 9.69 Å². The number of H-pyrrole nitrogens is 1. The molecule has 0 spiro atoms. The standard InChI is InChI=1S/C16H27N3O/c1-12-9-15(13(2)17-12)16(20)11-19-7-5-14(6-8-19)10-18(3)4/h9,14,17H,5-8,10-11H2,1-4H3. The number of ketones is 1. The minimum Gasteiger partial charge on any atom is -0.362 e. The molecule has 1 N–H and O–H groups in total. The summed E-state index contributed by atoms with van der Waals surface area (Å²) in [6.45, 7) is 7.80. The molecule has 2 heterocycles. The quantitative estimate of drug-likeness (QED) is 0.838. The molecule has 0 bridgehead atoms. The molecule has 4 nitrogen and oxygen atoms in total. The lowest BCUT2D eigenvalue weighted by atomic mass is 9.96. The van der Waals surface area contributed by atoms with Crippen molar-refractivity contribution in [2.45, 2.75) is 26.7 Å². The van der Waals surface area contributed by atoms with Crippen LogP contribution in [0.4, 0.5) is 0 Å². The van der Waals surface area contributed by atoms with Crippen molar-refractivity contribution in [2.75, 3.05) is 40.3 Å². The van der Waals surface area contributed by atoms with Gasteiger partial charge in [-0.05, 0) is 65.9 Å². The Balaban J connectivity index is 1.83. The molecule has 0 radical (unpaired) electrons. The number of nitrogens with zero attached hydrogens (tertiary/aromatic N) is 2. The van der Waals surface area contributed by atoms with Gasteiger partial charge in [-0.15, -0.1) is 0 Å². The van der Waals surface area contributed by atoms with Gasteiger partial charge in [0.15, 0.2) is 5.78 Å². The summed E-state index contributed by atoms with van der Waals surface area (Å²) in [5.74, 6) is 1.03. The van der Waals surface area contributed by atoms with E-state index in [0.717, 1.165) is 42.5 Å². The molecule has 1 fully saturated rings. The summed E-state index contributed by atoms with van der Waals surface area (Å²) >= 11 is 0. The Morgan fingerprint density at radius 3 is 2.50 bits per heavy atom. The first kappa shape index (κ1) is 15.3. The van der Waals surface area contributed by atoms with Gasteiger partial charge in [0.25, 0.3) is 0 Å². The van der Waals surface area contributed by atoms with Crippen LogP contribution >= 0.6 is 0 Å². The lowest BCUT2D eigenvalue weighted by Gasteiger charge is -2.32. The highest BCUT2D eigenvalue weighted by Crippen LogP contribution is 2.18. The second-order valence-corrected chi connectivity index (χ2v) is 6.40. The summed E-state index contributed by atoms with van der Waals surface area (Å²) in [6.07, 6.45) is 2.41. The number of likely N-dealkylation sites (tertiary alicyclic amines) is 1. The third-order valence-electron chi connectivity index (χ3n) is 4.15. The predicted octanol–water partition coefficient (Wildman–Crippen LogP) is 2.09. The van der Waals surface area contributed by atoms with Crippen molar-refractivity contribution < 1.29 is 4.79 Å². The van der Waals surface area contributed by atoms with Crippen LogP contribution in [0.3, 0.4) is 0 Å². The van der Waals surface area contributed by atoms with Crippen molar-refractivity contribution in [3.8, 4) is 0 Å². The van der Waals surface area contributed by atoms with Gasteiger partial charge in [0.2, 0.25) is 0 Å². The van der Waals surface area contributed by atoms with Gasteiger partial charge in [-0.1, -0.05) is 0 Å². The molecule has 2 rings (SSSR count). The second kappa shape index (κ2) is 6.55. The van der Waals surface area contributed by atoms with E-state index >= 15 is 0 Å². The molecule has 0 aliphatic carbocycles. The highest BCUT2D eigenvalue weighted by atomic mass is 16.1. The smallest absolute Gasteiger partial charge is 0.178 e. The number of rotatable bonds is 5. The molecule has 1 aromatic heterocycles. The molecule has 112 valence electrons. The Morgan fingerprint density at radius 1 is 1.35 bits per heavy atom. The zero-order chi connectivity index (χ0) is 14.7. The Kier molecular flexibility index (Phi) is 5.00. The molecule has 1 aliphatic rings. The number of nitrogens with one attached hydrogen (secondary N) is 1. The molecule has 0 atom stereocenters. The van der Waals surface area contributed by atoms with Gasteiger partial charge < -0.3 is 9.88 Å². The molecule has 0 saturated carbocycles. The molecule has 0 amide bonds. The molecule has 1 aromatic rings. The maximum Gasteiger partial charge on any atom is 0.178 e. The van der Waals surface area contributed by atoms with E-state index in [-0.39, 0.29) is 5.78 Å². The van der Waals surface area contributed by atoms with Crippen LogP contribution in [-0.4, -0.2) is 60.8 Å². The van der Waals surface area contributed by atoms with Crippen molar-refractivity contribution in [3.63, 3.8) is 0 Å². The number of aryl methyl sites for hydroxylation is 2. The number of carbonyl (C=O) groups is 1. The first-order valence-corrected chi connectivity index (χ1v) is 7.52. The molecule has 1 saturated heterocycles. The Labute approximate surface area is 122 Å². The number of hydrogen-bond acceptors (Lipinski definition) is 3. The molecular weight excluding hydrogens is 250 g/mol. The van der Waals surface area contributed by atoms with Gasteiger partial charge in [-0.25, -0.2) is 0 Å². The lowest BCUT2D eigenvalue weighted by molar-refractivity contribution is 0.0885. The summed E-state index contributed by atoms with van der Waals surface area (Å²) in [4.78, 5) is 20.1. The number of hydrogen-bond donors (Lipinski definition) is 1. The summed E-state index contributed by atoms with van der Waals surface area (Å²) in [7, 11) is 4.26. The molecular formula is C16H27N3O. The first-order valence-electron chi connectivity index (χ1n) is 7.52. The number of piperidine rings is 1. The fourth-order valence-corrected chi connectivity index (χ4v) is 3.15. The third kappa shape index (κ3) is 3.93. The van der Waals surface area contributed by atoms with Gasteiger partial charge in [-0.2, -0.15) is 0 Å². The van der Waals surface area contributed by atoms with Crippen molar-refractivity contribution in [1.29, 1.82) is 0 Å². The van der Waals surface area contributed by atoms with Crippen molar-refractivity contribution in [2.24, 2.45) is 5.92 Å². The predicted molar refractivity (Wildman–Crippen MR) is 82.3 cm³/mol. The fraction of sp³-hybridized carbons (Fsp3) is 0.688. The van der Waals surface area contributed by atoms with Crippen molar-refractivity contribution in [3.05, 3.63) is 23.0 Å². The first-order chi connectivity index (χ1) is 9.45. The van der Waals surface area contributed by atoms with Gasteiger partial charge in [0.05, 0.1) is 6.54 Å². The van der Waals surface area contributed by atoms with Crippen LogP contribution in [0, 0.1) is 19.8 Å². The highest BCUT2D eigenvalue weighted by Gasteiger charge is 2.22. The topological polar surface area (TPSA) is 39.3 Å². The summed E-state index contributed by atoms with van der Waals surface area (Å²) < 4.78 is 0. The maximum absolute atomic E-state index is 12.3. The average molecular weight is 277 g/mol. The van der Waals surface area contributed by atoms with Crippen LogP contribution < -0.4 is 0 Å². The number of carbonyl (C=O) groups excluding carboxylic acids is 1. The maximum atomic E-state index is 12.3. The summed E-state index contributed by atoms with van der Waals surface area (Å²) in [5.41, 5.74) is 2.92. The van der Waals surface area contributed by atoms with Gasteiger partial charge in [0.1, 0.15) is 0 Å². The highest BCUT2D eigenvalue weighted by molar-refractivity contribution is 5.98. The SMILES string of the molecule is Cc1cc(C(=O)CN2CCC(CN(C)C)CC2)c(C)[nH]1. The molecule has 0 aromatic carbocycles. The van der Waals surface area contributed by atoms with E-state index in [0.29, 0.717) is 6.54 Å². The normalized spacial score (nSPS) is 17.9. The summed E-state index contributed by atoms with van der Waals surface area (Å²) in [6, 6.07) is 1.97.